The molecular weight excluding hydrogens is 1080 g/mol. The average Bonchev–Trinajstić information content (AvgIpc) is 0.743. The van der Waals surface area contributed by atoms with Crippen LogP contribution in [0.3, 0.4) is 0 Å². The maximum atomic E-state index is 8.96. The van der Waals surface area contributed by atoms with Gasteiger partial charge in [0.25, 0.3) is 0 Å². The molecule has 0 aliphatic carbocycles. The molecule has 0 fully saturated rings. The number of aryl methyl sites for hydroxylation is 12. The molecule has 0 aliphatic rings. The van der Waals surface area contributed by atoms with E-state index in [-0.39, 0.29) is 11.5 Å². The smallest absolute Gasteiger partial charge is 0.201 e. The zero-order valence-corrected chi connectivity index (χ0v) is 59.6. The molecule has 0 atom stereocenters. The van der Waals surface area contributed by atoms with Crippen LogP contribution >= 0.6 is 0 Å². The van der Waals surface area contributed by atoms with E-state index >= 15 is 0 Å². The molecule has 0 saturated heterocycles. The largest absolute Gasteiger partial charge is 0.212 e. The van der Waals surface area contributed by atoms with Gasteiger partial charge >= 0.3 is 0 Å². The van der Waals surface area contributed by atoms with Crippen molar-refractivity contribution in [1.82, 2.24) is 0 Å². The van der Waals surface area contributed by atoms with E-state index in [0.717, 1.165) is 67.2 Å². The standard InChI is InChI=1S/C24H36N.C22H32N.C20H28N.C19H26N/c1-17-10-11-21(18(2)12-17)22-13-19(14-23(3,4)5)20(16-25(22)9)15-24(6,7)8;1-16(2)12-18-13-21(20-11-9-8-10-17(20)3)23(7)15-19(18)14-22(4,5)6;1-14-8-9-18(16(3)10-14)19-11-15(2)17(13-21(19)7)12-20(4,5)6;1-14-9-7-8-10-17(14)18-11-15(2)16(13-20(18)6)12-19(3,4)5/h10-13,16H,14-15H2,1-9H3;8-11,13,15-16H,12,14H2,1-7H3;8-11,13H,12H2,1-7H3;7-11,13H,12H2,1-6H3/q4*+1/i1D3,14D2,15D2;12D2,14D2;1D3,12D2;12D2. The van der Waals surface area contributed by atoms with Crippen LogP contribution in [0, 0.1) is 88.2 Å². The molecular formula is C85H122N4+4. The Hall–Kier alpha value is -6.52. The van der Waals surface area contributed by atoms with Crippen molar-refractivity contribution in [3.63, 3.8) is 0 Å². The summed E-state index contributed by atoms with van der Waals surface area (Å²) in [7, 11) is 7.60. The molecule has 0 N–H and O–H groups in total. The monoisotopic (exact) mass is 1220 g/mol. The van der Waals surface area contributed by atoms with Gasteiger partial charge in [-0.15, -0.1) is 0 Å². The van der Waals surface area contributed by atoms with Gasteiger partial charge in [0.15, 0.2) is 24.8 Å². The predicted molar refractivity (Wildman–Crippen MR) is 384 cm³/mol. The van der Waals surface area contributed by atoms with Crippen molar-refractivity contribution in [2.24, 2.45) is 61.2 Å². The van der Waals surface area contributed by atoms with E-state index in [2.05, 4.69) is 25.1 Å². The molecule has 8 rings (SSSR count). The van der Waals surface area contributed by atoms with E-state index in [1.807, 2.05) is 261 Å². The van der Waals surface area contributed by atoms with Crippen LogP contribution in [-0.4, -0.2) is 0 Å². The summed E-state index contributed by atoms with van der Waals surface area (Å²) in [5, 5.41) is 0. The highest BCUT2D eigenvalue weighted by Gasteiger charge is 2.27. The number of hydrogen-bond acceptors (Lipinski definition) is 0. The predicted octanol–water partition coefficient (Wildman–Crippen LogP) is 20.3. The molecule has 0 saturated carbocycles. The number of nitrogens with zero attached hydrogens (tertiary/aromatic N) is 4. The van der Waals surface area contributed by atoms with Gasteiger partial charge < -0.3 is 0 Å². The Kier molecular flexibility index (Phi) is 16.9. The van der Waals surface area contributed by atoms with Crippen molar-refractivity contribution in [1.29, 1.82) is 0 Å². The molecule has 0 unspecified atom stereocenters. The van der Waals surface area contributed by atoms with E-state index in [0.29, 0.717) is 39.1 Å². The lowest BCUT2D eigenvalue weighted by molar-refractivity contribution is -0.661. The summed E-state index contributed by atoms with van der Waals surface area (Å²) in [6, 6.07) is 34.1. The second kappa shape index (κ2) is 30.1. The van der Waals surface area contributed by atoms with Crippen molar-refractivity contribution >= 4 is 0 Å². The van der Waals surface area contributed by atoms with Gasteiger partial charge in [0.05, 0.1) is 0 Å². The number of hydrogen-bond donors (Lipinski definition) is 0. The average molecular weight is 1220 g/mol. The van der Waals surface area contributed by atoms with Crippen LogP contribution in [0.2, 0.25) is 0 Å². The summed E-state index contributed by atoms with van der Waals surface area (Å²) < 4.78 is 158. The minimum Gasteiger partial charge on any atom is -0.201 e. The molecule has 478 valence electrons. The lowest BCUT2D eigenvalue weighted by Crippen LogP contribution is -2.33. The zero-order chi connectivity index (χ0) is 82.6. The van der Waals surface area contributed by atoms with Crippen molar-refractivity contribution < 1.29 is 42.9 Å². The summed E-state index contributed by atoms with van der Waals surface area (Å²) in [5.74, 6) is -0.274. The normalized spacial score (nSPS) is 16.3. The second-order valence-corrected chi connectivity index (χ2v) is 29.8. The summed E-state index contributed by atoms with van der Waals surface area (Å²) in [4.78, 5) is 0. The second-order valence-electron chi connectivity index (χ2n) is 29.8. The topological polar surface area (TPSA) is 15.5 Å². The molecule has 0 bridgehead atoms. The molecule has 4 aromatic heterocycles. The van der Waals surface area contributed by atoms with E-state index in [4.69, 9.17) is 24.7 Å². The molecule has 8 aromatic rings. The van der Waals surface area contributed by atoms with Gasteiger partial charge in [0.2, 0.25) is 22.8 Å². The SMILES string of the molecule is [2H]C([2H])([2H])c1ccc(-c2cc(C([2H])([2H])C(C)(C)C)c(C([2H])([2H])C(C)(C)C)c[n+]2C)c(C)c1.[2H]C([2H])([2H])c1ccc(-c2cc(C)c(C([2H])([2H])C(C)(C)C)c[n+]2C)c(C)c1.[2H]C([2H])(c1c[n+](C)c(-c2ccccc2C)cc1C)C(C)(C)C.[2H]C([2H])(c1cc(-c2ccccc2C)[n+](C)cc1C([2H])([2H])C(C)(C)C)C(C)C. The Morgan fingerprint density at radius 1 is 0.326 bits per heavy atom. The minimum atomic E-state index is -2.20. The number of benzene rings is 4. The number of aromatic nitrogens is 4. The molecule has 4 heterocycles. The number of pyridine rings is 4. The molecule has 0 amide bonds. The maximum Gasteiger partial charge on any atom is 0.212 e. The quantitative estimate of drug-likeness (QED) is 0.115. The fourth-order valence-electron chi connectivity index (χ4n) is 10.5. The third kappa shape index (κ3) is 22.7. The van der Waals surface area contributed by atoms with Crippen LogP contribution in [-0.2, 0) is 66.4 Å². The van der Waals surface area contributed by atoms with Gasteiger partial charge in [-0.05, 0) is 195 Å². The summed E-state index contributed by atoms with van der Waals surface area (Å²) in [6.07, 6.45) is -2.47. The molecule has 89 heavy (non-hydrogen) atoms. The first kappa shape index (κ1) is 50.2. The fourth-order valence-corrected chi connectivity index (χ4v) is 10.5. The van der Waals surface area contributed by atoms with Crippen molar-refractivity contribution in [3.8, 4) is 45.0 Å². The third-order valence-corrected chi connectivity index (χ3v) is 14.3. The minimum absolute atomic E-state index is 0.257. The highest BCUT2D eigenvalue weighted by molar-refractivity contribution is 5.65. The van der Waals surface area contributed by atoms with Crippen molar-refractivity contribution in [2.75, 3.05) is 0 Å². The fraction of sp³-hybridized carbons (Fsp3) is 0.482. The van der Waals surface area contributed by atoms with Crippen LogP contribution in [0.5, 0.6) is 0 Å². The Bertz CT molecular complexity index is 4500. The Morgan fingerprint density at radius 2 is 0.607 bits per heavy atom. The summed E-state index contributed by atoms with van der Waals surface area (Å²) in [6.45, 7) is 39.2. The first-order valence-corrected chi connectivity index (χ1v) is 31.5. The van der Waals surface area contributed by atoms with Gasteiger partial charge in [-0.3, -0.25) is 0 Å². The Balaban J connectivity index is 0.000000258. The molecule has 0 spiro atoms. The number of rotatable bonds is 11. The Morgan fingerprint density at radius 3 is 0.921 bits per heavy atom. The first-order valence-electron chi connectivity index (χ1n) is 40.5. The molecule has 0 radical (unpaired) electrons. The molecule has 4 nitrogen and oxygen atoms in total. The molecule has 4 heteroatoms. The van der Waals surface area contributed by atoms with Gasteiger partial charge in [-0.25, -0.2) is 18.3 Å². The van der Waals surface area contributed by atoms with Crippen LogP contribution in [0.25, 0.3) is 45.0 Å². The highest BCUT2D eigenvalue weighted by Crippen LogP contribution is 2.33. The summed E-state index contributed by atoms with van der Waals surface area (Å²) in [5.41, 5.74) is 13.9. The first-order chi connectivity index (χ1) is 48.0. The van der Waals surface area contributed by atoms with Crippen molar-refractivity contribution in [2.45, 2.75) is 211 Å². The Labute approximate surface area is 570 Å². The summed E-state index contributed by atoms with van der Waals surface area (Å²) >= 11 is 0. The van der Waals surface area contributed by atoms with E-state index in [1.165, 1.54) is 11.1 Å². The van der Waals surface area contributed by atoms with Crippen LogP contribution < -0.4 is 18.3 Å². The van der Waals surface area contributed by atoms with Crippen LogP contribution in [0.1, 0.15) is 220 Å². The zero-order valence-electron chi connectivity index (χ0n) is 77.6. The highest BCUT2D eigenvalue weighted by atomic mass is 14.9. The van der Waals surface area contributed by atoms with Crippen LogP contribution in [0.4, 0.5) is 0 Å². The van der Waals surface area contributed by atoms with Gasteiger partial charge in [0.1, 0.15) is 28.2 Å². The molecule has 4 aromatic carbocycles. The molecule has 0 aliphatic heterocycles. The van der Waals surface area contributed by atoms with Gasteiger partial charge in [-0.1, -0.05) is 189 Å². The maximum absolute atomic E-state index is 8.96. The van der Waals surface area contributed by atoms with Crippen molar-refractivity contribution in [3.05, 3.63) is 212 Å². The van der Waals surface area contributed by atoms with Gasteiger partial charge in [-0.2, -0.15) is 0 Å². The van der Waals surface area contributed by atoms with E-state index in [9.17, 15) is 0 Å². The third-order valence-electron chi connectivity index (χ3n) is 14.3. The van der Waals surface area contributed by atoms with E-state index in [1.54, 1.807) is 53.4 Å². The van der Waals surface area contributed by atoms with Crippen LogP contribution in [0.15, 0.2) is 134 Å². The van der Waals surface area contributed by atoms with Gasteiger partial charge in [0, 0.05) is 93.4 Å². The lowest BCUT2D eigenvalue weighted by atomic mass is 9.81. The lowest BCUT2D eigenvalue weighted by Gasteiger charge is -2.24. The van der Waals surface area contributed by atoms with E-state index < -0.39 is 79.0 Å².